The Morgan fingerprint density at radius 1 is 0.845 bits per heavy atom. The third-order valence-electron chi connectivity index (χ3n) is 10.6. The second kappa shape index (κ2) is 20.7. The number of amides is 2. The van der Waals surface area contributed by atoms with Crippen molar-refractivity contribution in [3.05, 3.63) is 102 Å². The van der Waals surface area contributed by atoms with Crippen LogP contribution in [0.1, 0.15) is 90.0 Å². The number of hydrogen-bond donors (Lipinski definition) is 1. The molecule has 0 radical (unpaired) electrons. The number of carbonyl (C=O) groups excluding carboxylic acids is 4. The number of ketones is 1. The molecule has 5 unspecified atom stereocenters. The molecule has 3 aromatic rings. The molecule has 2 amide bonds. The molecule has 12 heteroatoms. The summed E-state index contributed by atoms with van der Waals surface area (Å²) in [6.07, 6.45) is 1.45. The van der Waals surface area contributed by atoms with Crippen molar-refractivity contribution >= 4 is 41.7 Å². The maximum atomic E-state index is 15.3. The highest BCUT2D eigenvalue weighted by Crippen LogP contribution is 2.41. The third kappa shape index (κ3) is 13.2. The summed E-state index contributed by atoms with van der Waals surface area (Å²) in [5.74, 6) is -3.99. The quantitative estimate of drug-likeness (QED) is 0.0945. The lowest BCUT2D eigenvalue weighted by molar-refractivity contribution is -0.164. The highest BCUT2D eigenvalue weighted by atomic mass is 32.2. The van der Waals surface area contributed by atoms with Crippen molar-refractivity contribution in [1.82, 2.24) is 10.2 Å². The number of hydrogen-bond acceptors (Lipinski definition) is 8. The highest BCUT2D eigenvalue weighted by Gasteiger charge is 2.46. The summed E-state index contributed by atoms with van der Waals surface area (Å²) < 4.78 is 43.4. The van der Waals surface area contributed by atoms with Gasteiger partial charge in [-0.25, -0.2) is 8.42 Å². The zero-order valence-corrected chi connectivity index (χ0v) is 37.4. The molecule has 58 heavy (non-hydrogen) atoms. The van der Waals surface area contributed by atoms with Gasteiger partial charge in [-0.3, -0.25) is 19.2 Å². The summed E-state index contributed by atoms with van der Waals surface area (Å²) >= 11 is 0. The maximum absolute atomic E-state index is 15.3. The van der Waals surface area contributed by atoms with Gasteiger partial charge in [-0.15, -0.1) is 0 Å². The average molecular weight is 833 g/mol. The van der Waals surface area contributed by atoms with Crippen LogP contribution in [0.5, 0.6) is 0 Å². The fourth-order valence-electron chi connectivity index (χ4n) is 7.57. The minimum Gasteiger partial charge on any atom is -0.460 e. The molecule has 10 nitrogen and oxygen atoms in total. The summed E-state index contributed by atoms with van der Waals surface area (Å²) in [6, 6.07) is 26.1. The molecule has 316 valence electrons. The van der Waals surface area contributed by atoms with Crippen LogP contribution in [-0.4, -0.2) is 76.0 Å². The number of piperidine rings is 1. The van der Waals surface area contributed by atoms with E-state index in [0.717, 1.165) is 24.4 Å². The van der Waals surface area contributed by atoms with Crippen LogP contribution in [0.25, 0.3) is 0 Å². The van der Waals surface area contributed by atoms with Gasteiger partial charge in [0.05, 0.1) is 22.8 Å². The van der Waals surface area contributed by atoms with Crippen LogP contribution >= 0.6 is 0 Å². The largest absolute Gasteiger partial charge is 0.460 e. The number of sulfone groups is 1. The maximum Gasteiger partial charge on any atom is 0.312 e. The van der Waals surface area contributed by atoms with Gasteiger partial charge < -0.3 is 19.4 Å². The number of likely N-dealkylation sites (tertiary alicyclic amines) is 1. The van der Waals surface area contributed by atoms with Gasteiger partial charge in [-0.05, 0) is 81.9 Å². The van der Waals surface area contributed by atoms with Gasteiger partial charge in [0.1, 0.15) is 22.7 Å². The first-order valence-corrected chi connectivity index (χ1v) is 25.4. The van der Waals surface area contributed by atoms with Crippen molar-refractivity contribution in [2.45, 2.75) is 127 Å². The topological polar surface area (TPSA) is 136 Å². The lowest BCUT2D eigenvalue weighted by Gasteiger charge is -2.38. The number of nitrogens with zero attached hydrogens (tertiary/aromatic N) is 1. The Balaban J connectivity index is 1.95. The SMILES string of the molecule is CCCC[Si](C)(C)OC(CC(C(=O)NC(C(=O)N1CCC(=O)CC1)C(C)C)C(c1ccccc1)S(=O)(=O)c1ccccc1)C(Cc1ccccc1)C(=O)OC(C)(C)C. The first-order chi connectivity index (χ1) is 27.3. The van der Waals surface area contributed by atoms with Crippen LogP contribution in [0, 0.1) is 17.8 Å². The smallest absolute Gasteiger partial charge is 0.312 e. The number of unbranched alkanes of at least 4 members (excludes halogenated alkanes) is 1. The summed E-state index contributed by atoms with van der Waals surface area (Å²) in [5, 5.41) is 1.60. The zero-order chi connectivity index (χ0) is 42.7. The van der Waals surface area contributed by atoms with Gasteiger partial charge >= 0.3 is 5.97 Å². The van der Waals surface area contributed by atoms with E-state index in [9.17, 15) is 14.4 Å². The van der Waals surface area contributed by atoms with E-state index >= 15 is 13.2 Å². The van der Waals surface area contributed by atoms with Crippen molar-refractivity contribution in [3.63, 3.8) is 0 Å². The number of nitrogens with one attached hydrogen (secondary N) is 1. The number of benzene rings is 3. The normalized spacial score (nSPS) is 16.6. The van der Waals surface area contributed by atoms with Crippen LogP contribution in [-0.2, 0) is 44.6 Å². The Hall–Kier alpha value is -4.13. The van der Waals surface area contributed by atoms with Crippen molar-refractivity contribution in [1.29, 1.82) is 0 Å². The van der Waals surface area contributed by atoms with E-state index < -0.39 is 64.9 Å². The molecule has 5 atom stereocenters. The van der Waals surface area contributed by atoms with Gasteiger partial charge in [-0.2, -0.15) is 0 Å². The first kappa shape index (κ1) is 46.6. The van der Waals surface area contributed by atoms with E-state index in [2.05, 4.69) is 25.3 Å². The lowest BCUT2D eigenvalue weighted by Crippen LogP contribution is -2.55. The Bertz CT molecular complexity index is 1910. The molecule has 1 aliphatic rings. The Morgan fingerprint density at radius 3 is 1.93 bits per heavy atom. The number of rotatable bonds is 19. The van der Waals surface area contributed by atoms with E-state index in [4.69, 9.17) is 9.16 Å². The summed E-state index contributed by atoms with van der Waals surface area (Å²) in [7, 11) is -6.86. The Kier molecular flexibility index (Phi) is 16.6. The van der Waals surface area contributed by atoms with E-state index in [0.29, 0.717) is 5.56 Å². The summed E-state index contributed by atoms with van der Waals surface area (Å²) in [4.78, 5) is 57.6. The van der Waals surface area contributed by atoms with Crippen molar-refractivity contribution in [3.8, 4) is 0 Å². The minimum atomic E-state index is -4.29. The standard InChI is InChI=1S/C46H64N2O8SSi/c1-9-10-30-58(7,8)56-40(38(45(52)55-46(4,5)6)31-34-20-14-11-15-21-34)32-39(43(50)47-41(33(2)3)44(51)48-28-26-36(49)27-29-48)42(35-22-16-12-17-23-35)57(53,54)37-24-18-13-19-25-37/h11-25,33,38-42H,9-10,26-32H2,1-8H3,(H,47,50). The van der Waals surface area contributed by atoms with Gasteiger partial charge in [0.25, 0.3) is 0 Å². The monoisotopic (exact) mass is 832 g/mol. The molecular formula is C46H64N2O8SSi. The first-order valence-electron chi connectivity index (χ1n) is 20.7. The average Bonchev–Trinajstić information content (AvgIpc) is 3.17. The molecule has 0 aromatic heterocycles. The number of Topliss-reactive ketones (excluding diaryl/α,β-unsaturated/α-hetero) is 1. The lowest BCUT2D eigenvalue weighted by atomic mass is 9.84. The second-order valence-electron chi connectivity index (χ2n) is 17.5. The second-order valence-corrected chi connectivity index (χ2v) is 23.8. The van der Waals surface area contributed by atoms with Crippen molar-refractivity contribution < 1.29 is 36.8 Å². The molecule has 1 heterocycles. The predicted octanol–water partition coefficient (Wildman–Crippen LogP) is 8.13. The minimum absolute atomic E-state index is 0.0409. The van der Waals surface area contributed by atoms with Gasteiger partial charge in [-0.1, -0.05) is 112 Å². The molecule has 1 fully saturated rings. The molecule has 1 saturated heterocycles. The zero-order valence-electron chi connectivity index (χ0n) is 35.6. The predicted molar refractivity (Wildman–Crippen MR) is 230 cm³/mol. The van der Waals surface area contributed by atoms with Gasteiger partial charge in [0, 0.05) is 25.9 Å². The molecule has 4 rings (SSSR count). The molecule has 3 aromatic carbocycles. The molecular weight excluding hydrogens is 769 g/mol. The van der Waals surface area contributed by atoms with E-state index in [-0.39, 0.29) is 61.3 Å². The molecule has 1 aliphatic heterocycles. The van der Waals surface area contributed by atoms with Crippen molar-refractivity contribution in [2.75, 3.05) is 13.1 Å². The molecule has 0 bridgehead atoms. The summed E-state index contributed by atoms with van der Waals surface area (Å²) in [5.41, 5.74) is 0.421. The van der Waals surface area contributed by atoms with Crippen molar-refractivity contribution in [2.24, 2.45) is 17.8 Å². The van der Waals surface area contributed by atoms with Crippen LogP contribution in [0.2, 0.25) is 19.1 Å². The fourth-order valence-corrected chi connectivity index (χ4v) is 12.0. The summed E-state index contributed by atoms with van der Waals surface area (Å²) in [6.45, 7) is 15.8. The number of ether oxygens (including phenoxy) is 1. The fraction of sp³-hybridized carbons (Fsp3) is 0.522. The Labute approximate surface area is 347 Å². The van der Waals surface area contributed by atoms with E-state index in [1.54, 1.807) is 74.2 Å². The Morgan fingerprint density at radius 2 is 1.40 bits per heavy atom. The third-order valence-corrected chi connectivity index (χ3v) is 15.3. The van der Waals surface area contributed by atoms with Crippen LogP contribution < -0.4 is 5.32 Å². The number of carbonyl (C=O) groups is 4. The number of esters is 1. The van der Waals surface area contributed by atoms with Crippen LogP contribution in [0.3, 0.4) is 0 Å². The van der Waals surface area contributed by atoms with Crippen LogP contribution in [0.15, 0.2) is 95.9 Å². The highest BCUT2D eigenvalue weighted by molar-refractivity contribution is 7.91. The molecule has 1 N–H and O–H groups in total. The van der Waals surface area contributed by atoms with Gasteiger partial charge in [0.15, 0.2) is 18.2 Å². The molecule has 0 saturated carbocycles. The molecule has 0 spiro atoms. The van der Waals surface area contributed by atoms with Gasteiger partial charge in [0.2, 0.25) is 11.8 Å². The van der Waals surface area contributed by atoms with Crippen LogP contribution in [0.4, 0.5) is 0 Å². The van der Waals surface area contributed by atoms with E-state index in [1.807, 2.05) is 44.2 Å². The molecule has 0 aliphatic carbocycles. The van der Waals surface area contributed by atoms with E-state index in [1.165, 1.54) is 12.1 Å².